The zero-order valence-corrected chi connectivity index (χ0v) is 16.6. The number of Topliss-reactive ketones (excluding diaryl/α,β-unsaturated/α-hetero) is 1. The summed E-state index contributed by atoms with van der Waals surface area (Å²) in [5.74, 6) is -1.36. The van der Waals surface area contributed by atoms with Crippen molar-refractivity contribution in [1.82, 2.24) is 0 Å². The normalized spacial score (nSPS) is 27.4. The molecule has 7 heteroatoms. The molecule has 0 unspecified atom stereocenters. The number of methoxy groups -OCH3 is 1. The minimum absolute atomic E-state index is 0.105. The number of ether oxygens (including phenoxy) is 2. The van der Waals surface area contributed by atoms with E-state index in [1.807, 2.05) is 0 Å². The van der Waals surface area contributed by atoms with E-state index in [1.165, 1.54) is 24.3 Å². The molecule has 3 atom stereocenters. The lowest BCUT2D eigenvalue weighted by Gasteiger charge is -2.36. The molecule has 0 amide bonds. The fourth-order valence-electron chi connectivity index (χ4n) is 5.07. The van der Waals surface area contributed by atoms with Crippen LogP contribution in [0.1, 0.15) is 56.9 Å². The molecule has 0 bridgehead atoms. The summed E-state index contributed by atoms with van der Waals surface area (Å²) in [5, 5.41) is 0. The average molecular weight is 412 g/mol. The van der Waals surface area contributed by atoms with E-state index in [4.69, 9.17) is 9.47 Å². The van der Waals surface area contributed by atoms with Gasteiger partial charge in [-0.25, -0.2) is 4.79 Å². The minimum atomic E-state index is -4.98. The Labute approximate surface area is 168 Å². The fraction of sp³-hybridized carbons (Fsp3) is 0.636. The number of carbonyl (C=O) groups excluding carboxylic acids is 2. The van der Waals surface area contributed by atoms with Crippen molar-refractivity contribution in [2.45, 2.75) is 63.1 Å². The van der Waals surface area contributed by atoms with Gasteiger partial charge in [0, 0.05) is 25.5 Å². The van der Waals surface area contributed by atoms with Crippen molar-refractivity contribution in [2.75, 3.05) is 13.7 Å². The molecule has 0 N–H and O–H groups in total. The number of rotatable bonds is 5. The number of esters is 1. The topological polar surface area (TPSA) is 52.6 Å². The predicted octanol–water partition coefficient (Wildman–Crippen LogP) is 4.95. The van der Waals surface area contributed by atoms with Crippen molar-refractivity contribution < 1.29 is 32.2 Å². The number of benzene rings is 1. The number of halogens is 3. The molecule has 2 fully saturated rings. The Kier molecular flexibility index (Phi) is 6.36. The van der Waals surface area contributed by atoms with E-state index in [0.29, 0.717) is 12.8 Å². The van der Waals surface area contributed by atoms with Crippen molar-refractivity contribution in [3.63, 3.8) is 0 Å². The molecule has 4 nitrogen and oxygen atoms in total. The number of hydrogen-bond acceptors (Lipinski definition) is 4. The second-order valence-corrected chi connectivity index (χ2v) is 8.22. The van der Waals surface area contributed by atoms with Crippen molar-refractivity contribution >= 4 is 11.8 Å². The van der Waals surface area contributed by atoms with Gasteiger partial charge in [0.05, 0.1) is 6.61 Å². The minimum Gasteiger partial charge on any atom is -0.463 e. The third kappa shape index (κ3) is 4.06. The summed E-state index contributed by atoms with van der Waals surface area (Å²) in [6.07, 6.45) is 1.13. The molecule has 2 saturated carbocycles. The van der Waals surface area contributed by atoms with Crippen LogP contribution < -0.4 is 0 Å². The van der Waals surface area contributed by atoms with Gasteiger partial charge in [0.25, 0.3) is 5.60 Å². The molecular weight excluding hydrogens is 385 g/mol. The van der Waals surface area contributed by atoms with Gasteiger partial charge >= 0.3 is 12.1 Å². The number of hydrogen-bond donors (Lipinski definition) is 0. The van der Waals surface area contributed by atoms with Crippen LogP contribution in [-0.2, 0) is 24.7 Å². The molecule has 0 radical (unpaired) electrons. The summed E-state index contributed by atoms with van der Waals surface area (Å²) in [5.41, 5.74) is -3.74. The Hall–Kier alpha value is -1.89. The highest BCUT2D eigenvalue weighted by atomic mass is 19.4. The SMILES string of the molecule is CO[C@](C(=O)OC[C@H]1CCC[C@@]12CCCCC(=O)C2)(c1ccccc1)C(F)(F)F. The molecule has 1 aromatic carbocycles. The van der Waals surface area contributed by atoms with Gasteiger partial charge in [0.2, 0.25) is 0 Å². The Morgan fingerprint density at radius 3 is 2.48 bits per heavy atom. The molecule has 29 heavy (non-hydrogen) atoms. The van der Waals surface area contributed by atoms with Gasteiger partial charge in [-0.05, 0) is 37.0 Å². The maximum absolute atomic E-state index is 14.0. The molecule has 2 aliphatic rings. The van der Waals surface area contributed by atoms with E-state index in [1.54, 1.807) is 6.07 Å². The van der Waals surface area contributed by atoms with Gasteiger partial charge in [-0.2, -0.15) is 13.2 Å². The highest BCUT2D eigenvalue weighted by Gasteiger charge is 2.64. The Morgan fingerprint density at radius 1 is 1.14 bits per heavy atom. The summed E-state index contributed by atoms with van der Waals surface area (Å²) in [6, 6.07) is 6.83. The molecule has 3 rings (SSSR count). The summed E-state index contributed by atoms with van der Waals surface area (Å²) in [4.78, 5) is 24.9. The van der Waals surface area contributed by atoms with Crippen molar-refractivity contribution in [3.8, 4) is 0 Å². The lowest BCUT2D eigenvalue weighted by atomic mass is 9.72. The van der Waals surface area contributed by atoms with Crippen LogP contribution in [0, 0.1) is 11.3 Å². The first-order valence-corrected chi connectivity index (χ1v) is 10.1. The van der Waals surface area contributed by atoms with E-state index < -0.39 is 17.7 Å². The van der Waals surface area contributed by atoms with Gasteiger partial charge < -0.3 is 9.47 Å². The zero-order valence-electron chi connectivity index (χ0n) is 16.6. The Balaban J connectivity index is 1.81. The Morgan fingerprint density at radius 2 is 1.83 bits per heavy atom. The smallest absolute Gasteiger partial charge is 0.432 e. The molecule has 0 aromatic heterocycles. The molecule has 2 aliphatic carbocycles. The van der Waals surface area contributed by atoms with Gasteiger partial charge in [-0.15, -0.1) is 0 Å². The largest absolute Gasteiger partial charge is 0.463 e. The average Bonchev–Trinajstić information content (AvgIpc) is 2.95. The summed E-state index contributed by atoms with van der Waals surface area (Å²) < 4.78 is 52.0. The molecule has 0 heterocycles. The van der Waals surface area contributed by atoms with Crippen LogP contribution in [0.15, 0.2) is 30.3 Å². The molecule has 0 aliphatic heterocycles. The lowest BCUT2D eigenvalue weighted by Crippen LogP contribution is -2.52. The van der Waals surface area contributed by atoms with Crippen molar-refractivity contribution in [1.29, 1.82) is 0 Å². The van der Waals surface area contributed by atoms with Crippen molar-refractivity contribution in [3.05, 3.63) is 35.9 Å². The highest BCUT2D eigenvalue weighted by molar-refractivity contribution is 5.82. The zero-order chi connectivity index (χ0) is 21.1. The van der Waals surface area contributed by atoms with E-state index in [-0.39, 0.29) is 29.3 Å². The van der Waals surface area contributed by atoms with E-state index in [9.17, 15) is 22.8 Å². The quantitative estimate of drug-likeness (QED) is 0.642. The van der Waals surface area contributed by atoms with Crippen LogP contribution in [-0.4, -0.2) is 31.6 Å². The van der Waals surface area contributed by atoms with Crippen LogP contribution in [0.2, 0.25) is 0 Å². The van der Waals surface area contributed by atoms with Gasteiger partial charge in [0.15, 0.2) is 0 Å². The maximum atomic E-state index is 14.0. The lowest BCUT2D eigenvalue weighted by molar-refractivity contribution is -0.277. The van der Waals surface area contributed by atoms with Crippen LogP contribution in [0.4, 0.5) is 13.2 Å². The highest BCUT2D eigenvalue weighted by Crippen LogP contribution is 2.52. The number of carbonyl (C=O) groups is 2. The molecule has 160 valence electrons. The molecule has 1 spiro atoms. The van der Waals surface area contributed by atoms with Crippen LogP contribution in [0.3, 0.4) is 0 Å². The predicted molar refractivity (Wildman–Crippen MR) is 100 cm³/mol. The molecule has 0 saturated heterocycles. The number of alkyl halides is 3. The first-order valence-electron chi connectivity index (χ1n) is 10.1. The fourth-order valence-corrected chi connectivity index (χ4v) is 5.07. The third-order valence-corrected chi connectivity index (χ3v) is 6.61. The van der Waals surface area contributed by atoms with E-state index >= 15 is 0 Å². The second-order valence-electron chi connectivity index (χ2n) is 8.22. The van der Waals surface area contributed by atoms with Crippen LogP contribution >= 0.6 is 0 Å². The molecular formula is C22H27F3O4. The third-order valence-electron chi connectivity index (χ3n) is 6.61. The van der Waals surface area contributed by atoms with Gasteiger partial charge in [-0.1, -0.05) is 43.2 Å². The van der Waals surface area contributed by atoms with Crippen molar-refractivity contribution in [2.24, 2.45) is 11.3 Å². The first-order chi connectivity index (χ1) is 13.7. The molecule has 1 aromatic rings. The number of ketones is 1. The van der Waals surface area contributed by atoms with E-state index in [0.717, 1.165) is 45.6 Å². The van der Waals surface area contributed by atoms with E-state index in [2.05, 4.69) is 0 Å². The monoisotopic (exact) mass is 412 g/mol. The maximum Gasteiger partial charge on any atom is 0.432 e. The standard InChI is InChI=1S/C22H27F3O4/c1-28-21(22(23,24)25,16-8-3-2-4-9-16)19(27)29-15-17-10-7-13-20(17)12-6-5-11-18(26)14-20/h2-4,8-9,17H,5-7,10-15H2,1H3/t17-,20-,21+/m1/s1. The van der Waals surface area contributed by atoms with Crippen LogP contribution in [0.25, 0.3) is 0 Å². The first kappa shape index (κ1) is 21.8. The summed E-state index contributed by atoms with van der Waals surface area (Å²) in [6.45, 7) is -0.125. The van der Waals surface area contributed by atoms with Crippen LogP contribution in [0.5, 0.6) is 0 Å². The van der Waals surface area contributed by atoms with Gasteiger partial charge in [0.1, 0.15) is 5.78 Å². The summed E-state index contributed by atoms with van der Waals surface area (Å²) >= 11 is 0. The second kappa shape index (κ2) is 8.46. The Bertz CT molecular complexity index is 733. The summed E-state index contributed by atoms with van der Waals surface area (Å²) in [7, 11) is 0.864. The van der Waals surface area contributed by atoms with Gasteiger partial charge in [-0.3, -0.25) is 4.79 Å².